The van der Waals surface area contributed by atoms with Crippen molar-refractivity contribution in [1.82, 2.24) is 5.06 Å². The van der Waals surface area contributed by atoms with Crippen molar-refractivity contribution in [3.05, 3.63) is 0 Å². The highest BCUT2D eigenvalue weighted by Crippen LogP contribution is 1.96. The van der Waals surface area contributed by atoms with Crippen LogP contribution in [-0.4, -0.2) is 38.3 Å². The molecule has 0 radical (unpaired) electrons. The maximum absolute atomic E-state index is 10.8. The molecule has 1 atom stereocenters. The Morgan fingerprint density at radius 2 is 2.00 bits per heavy atom. The lowest BCUT2D eigenvalue weighted by Gasteiger charge is -2.18. The Morgan fingerprint density at radius 1 is 1.50 bits per heavy atom. The Balaban J connectivity index is 3.81. The average Bonchev–Trinajstić information content (AvgIpc) is 2.00. The first-order valence-corrected chi connectivity index (χ1v) is 2.98. The zero-order valence-electron chi connectivity index (χ0n) is 6.75. The van der Waals surface area contributed by atoms with Crippen LogP contribution in [0.5, 0.6) is 0 Å². The zero-order valence-corrected chi connectivity index (χ0v) is 6.75. The number of carbonyl (C=O) groups excluding carboxylic acids is 1. The Hall–Kier alpha value is -0.610. The van der Waals surface area contributed by atoms with Gasteiger partial charge in [-0.1, -0.05) is 0 Å². The summed E-state index contributed by atoms with van der Waals surface area (Å²) in [5, 5.41) is 1.42. The van der Waals surface area contributed by atoms with Gasteiger partial charge in [0.2, 0.25) is 0 Å². The molecule has 0 saturated heterocycles. The van der Waals surface area contributed by atoms with Crippen LogP contribution in [0.2, 0.25) is 0 Å². The molecule has 0 fully saturated rings. The Morgan fingerprint density at radius 3 is 2.30 bits per heavy atom. The van der Waals surface area contributed by atoms with Gasteiger partial charge in [0.1, 0.15) is 6.04 Å². The van der Waals surface area contributed by atoms with E-state index in [1.807, 2.05) is 0 Å². The van der Waals surface area contributed by atoms with Gasteiger partial charge in [0.15, 0.2) is 0 Å². The topological polar surface area (TPSA) is 38.8 Å². The number of nitrogens with zero attached hydrogens (tertiary/aromatic N) is 1. The monoisotopic (exact) mass is 147 g/mol. The average molecular weight is 147 g/mol. The molecule has 0 aliphatic carbocycles. The molecule has 0 amide bonds. The second-order valence-electron chi connectivity index (χ2n) is 1.93. The van der Waals surface area contributed by atoms with E-state index < -0.39 is 0 Å². The van der Waals surface area contributed by atoms with Crippen molar-refractivity contribution in [3.8, 4) is 0 Å². The summed E-state index contributed by atoms with van der Waals surface area (Å²) in [5.74, 6) is -0.302. The Labute approximate surface area is 60.7 Å². The third kappa shape index (κ3) is 2.33. The number of likely N-dealkylation sites (N-methyl/N-ethyl adjacent to an activating group) is 1. The van der Waals surface area contributed by atoms with Crippen LogP contribution in [0.15, 0.2) is 0 Å². The molecule has 4 heteroatoms. The van der Waals surface area contributed by atoms with Crippen molar-refractivity contribution < 1.29 is 14.4 Å². The molecule has 4 nitrogen and oxygen atoms in total. The van der Waals surface area contributed by atoms with Crippen LogP contribution in [0, 0.1) is 0 Å². The lowest BCUT2D eigenvalue weighted by atomic mass is 10.3. The number of methoxy groups -OCH3 is 1. The maximum atomic E-state index is 10.8. The molecular formula is C6H13NO3. The molecule has 0 aliphatic rings. The minimum Gasteiger partial charge on any atom is -0.468 e. The predicted molar refractivity (Wildman–Crippen MR) is 36.2 cm³/mol. The van der Waals surface area contributed by atoms with E-state index in [4.69, 9.17) is 4.84 Å². The third-order valence-electron chi connectivity index (χ3n) is 1.38. The van der Waals surface area contributed by atoms with Crippen LogP contribution < -0.4 is 0 Å². The Bertz CT molecular complexity index is 116. The van der Waals surface area contributed by atoms with Crippen LogP contribution in [-0.2, 0) is 14.4 Å². The smallest absolute Gasteiger partial charge is 0.325 e. The molecule has 1 unspecified atom stereocenters. The third-order valence-corrected chi connectivity index (χ3v) is 1.38. The molecule has 0 rings (SSSR count). The van der Waals surface area contributed by atoms with Crippen LogP contribution in [0.3, 0.4) is 0 Å². The molecule has 0 aromatic heterocycles. The first-order chi connectivity index (χ1) is 4.63. The molecule has 0 bridgehead atoms. The molecule has 60 valence electrons. The van der Waals surface area contributed by atoms with E-state index >= 15 is 0 Å². The van der Waals surface area contributed by atoms with Crippen molar-refractivity contribution >= 4 is 5.97 Å². The van der Waals surface area contributed by atoms with E-state index in [1.54, 1.807) is 14.0 Å². The lowest BCUT2D eigenvalue weighted by Crippen LogP contribution is -2.35. The summed E-state index contributed by atoms with van der Waals surface area (Å²) in [6.45, 7) is 1.70. The summed E-state index contributed by atoms with van der Waals surface area (Å²) in [4.78, 5) is 15.5. The molecular weight excluding hydrogens is 134 g/mol. The van der Waals surface area contributed by atoms with Gasteiger partial charge in [-0.3, -0.25) is 4.79 Å². The van der Waals surface area contributed by atoms with E-state index in [0.29, 0.717) is 0 Å². The highest BCUT2D eigenvalue weighted by atomic mass is 16.7. The van der Waals surface area contributed by atoms with Crippen LogP contribution >= 0.6 is 0 Å². The quantitative estimate of drug-likeness (QED) is 0.417. The SMILES string of the molecule is COC(=O)C(C)N(C)OC. The first kappa shape index (κ1) is 9.39. The zero-order chi connectivity index (χ0) is 8.15. The van der Waals surface area contributed by atoms with Gasteiger partial charge >= 0.3 is 5.97 Å². The van der Waals surface area contributed by atoms with Gasteiger partial charge in [0.05, 0.1) is 14.2 Å². The van der Waals surface area contributed by atoms with Crippen molar-refractivity contribution in [2.75, 3.05) is 21.3 Å². The Kier molecular flexibility index (Phi) is 3.99. The first-order valence-electron chi connectivity index (χ1n) is 2.98. The van der Waals surface area contributed by atoms with Gasteiger partial charge in [-0.25, -0.2) is 0 Å². The molecule has 0 N–H and O–H groups in total. The standard InChI is InChI=1S/C6H13NO3/c1-5(6(8)9-3)7(2)10-4/h5H,1-4H3. The predicted octanol–water partition coefficient (Wildman–Crippen LogP) is 0.0411. The molecule has 0 aromatic carbocycles. The number of carbonyl (C=O) groups is 1. The van der Waals surface area contributed by atoms with Crippen molar-refractivity contribution in [3.63, 3.8) is 0 Å². The molecule has 0 spiro atoms. The summed E-state index contributed by atoms with van der Waals surface area (Å²) in [6.07, 6.45) is 0. The number of hydrogen-bond acceptors (Lipinski definition) is 4. The second kappa shape index (κ2) is 4.24. The molecule has 0 saturated carbocycles. The maximum Gasteiger partial charge on any atom is 0.325 e. The minimum absolute atomic E-state index is 0.302. The van der Waals surface area contributed by atoms with Crippen LogP contribution in [0.1, 0.15) is 6.92 Å². The fourth-order valence-electron chi connectivity index (χ4n) is 0.477. The van der Waals surface area contributed by atoms with Crippen molar-refractivity contribution in [2.24, 2.45) is 0 Å². The minimum atomic E-state index is -0.352. The number of hydroxylamine groups is 2. The number of ether oxygens (including phenoxy) is 1. The van der Waals surface area contributed by atoms with Crippen LogP contribution in [0.4, 0.5) is 0 Å². The van der Waals surface area contributed by atoms with Gasteiger partial charge in [0.25, 0.3) is 0 Å². The summed E-state index contributed by atoms with van der Waals surface area (Å²) in [7, 11) is 4.52. The highest BCUT2D eigenvalue weighted by molar-refractivity contribution is 5.74. The van der Waals surface area contributed by atoms with E-state index in [1.165, 1.54) is 19.3 Å². The van der Waals surface area contributed by atoms with Gasteiger partial charge in [-0.05, 0) is 6.92 Å². The molecule has 0 heterocycles. The van der Waals surface area contributed by atoms with Gasteiger partial charge in [-0.15, -0.1) is 0 Å². The fraction of sp³-hybridized carbons (Fsp3) is 0.833. The highest BCUT2D eigenvalue weighted by Gasteiger charge is 2.17. The largest absolute Gasteiger partial charge is 0.468 e. The van der Waals surface area contributed by atoms with Gasteiger partial charge in [0, 0.05) is 7.05 Å². The molecule has 0 aliphatic heterocycles. The van der Waals surface area contributed by atoms with Crippen LogP contribution in [0.25, 0.3) is 0 Å². The normalized spacial score (nSPS) is 13.3. The summed E-state index contributed by atoms with van der Waals surface area (Å²) >= 11 is 0. The van der Waals surface area contributed by atoms with E-state index in [-0.39, 0.29) is 12.0 Å². The second-order valence-corrected chi connectivity index (χ2v) is 1.93. The fourth-order valence-corrected chi connectivity index (χ4v) is 0.477. The summed E-state index contributed by atoms with van der Waals surface area (Å²) < 4.78 is 4.47. The van der Waals surface area contributed by atoms with E-state index in [2.05, 4.69) is 4.74 Å². The molecule has 0 aromatic rings. The van der Waals surface area contributed by atoms with Gasteiger partial charge in [-0.2, -0.15) is 5.06 Å². The molecule has 10 heavy (non-hydrogen) atoms. The van der Waals surface area contributed by atoms with E-state index in [9.17, 15) is 4.79 Å². The number of rotatable bonds is 3. The van der Waals surface area contributed by atoms with E-state index in [0.717, 1.165) is 0 Å². The van der Waals surface area contributed by atoms with Crippen molar-refractivity contribution in [1.29, 1.82) is 0 Å². The van der Waals surface area contributed by atoms with Crippen molar-refractivity contribution in [2.45, 2.75) is 13.0 Å². The lowest BCUT2D eigenvalue weighted by molar-refractivity contribution is -0.174. The summed E-state index contributed by atoms with van der Waals surface area (Å²) in [6, 6.07) is -0.352. The van der Waals surface area contributed by atoms with Gasteiger partial charge < -0.3 is 9.57 Å². The number of esters is 1. The summed E-state index contributed by atoms with van der Waals surface area (Å²) in [5.41, 5.74) is 0. The number of hydrogen-bond donors (Lipinski definition) is 0.